The first-order valence-electron chi connectivity index (χ1n) is 21.7. The molecule has 0 amide bonds. The summed E-state index contributed by atoms with van der Waals surface area (Å²) in [5.74, 6) is 4.49. The van der Waals surface area contributed by atoms with Crippen molar-refractivity contribution in [3.63, 3.8) is 0 Å². The van der Waals surface area contributed by atoms with Crippen LogP contribution in [0.3, 0.4) is 0 Å². The molecular weight excluding hydrogens is 833 g/mol. The number of ether oxygens (including phenoxy) is 3. The van der Waals surface area contributed by atoms with Crippen LogP contribution in [-0.2, 0) is 76.5 Å². The van der Waals surface area contributed by atoms with Gasteiger partial charge < -0.3 is 14.2 Å². The first-order valence-corrected chi connectivity index (χ1v) is 21.7. The summed E-state index contributed by atoms with van der Waals surface area (Å²) < 4.78 is 16.1. The van der Waals surface area contributed by atoms with Gasteiger partial charge >= 0.3 is 48.7 Å². The third kappa shape index (κ3) is 17.1. The van der Waals surface area contributed by atoms with Gasteiger partial charge in [0.1, 0.15) is 0 Å². The predicted molar refractivity (Wildman–Crippen MR) is 222 cm³/mol. The zero-order chi connectivity index (χ0) is 50.0. The highest BCUT2D eigenvalue weighted by Crippen LogP contribution is 2.85. The van der Waals surface area contributed by atoms with Gasteiger partial charge in [-0.15, -0.1) is 18.9 Å². The van der Waals surface area contributed by atoms with Gasteiger partial charge in [0, 0.05) is 6.42 Å². The van der Waals surface area contributed by atoms with Crippen LogP contribution < -0.4 is 0 Å². The van der Waals surface area contributed by atoms with Crippen molar-refractivity contribution in [2.24, 2.45) is 50.7 Å². The van der Waals surface area contributed by atoms with Crippen LogP contribution in [0.5, 0.6) is 0 Å². The van der Waals surface area contributed by atoms with E-state index in [2.05, 4.69) is 52.3 Å². The number of esters is 3. The summed E-state index contributed by atoms with van der Waals surface area (Å²) in [5, 5.41) is 0. The molecule has 0 aromatic rings. The van der Waals surface area contributed by atoms with Crippen molar-refractivity contribution in [1.82, 2.24) is 0 Å². The molecule has 0 N–H and O–H groups in total. The summed E-state index contributed by atoms with van der Waals surface area (Å²) in [6.07, 6.45) is 26.5. The highest BCUT2D eigenvalue weighted by Gasteiger charge is 2.81. The van der Waals surface area contributed by atoms with E-state index in [0.29, 0.717) is 74.1 Å². The van der Waals surface area contributed by atoms with E-state index in [4.69, 9.17) is 68.6 Å². The standard InChI is InChI=1S/C22H34O4.C21H34O2.5CO2/c1-5-20(6-2)11-16-17-12-21(18(23)25-7-3,19(24)26-8-4)10-14-9-15(14)22(16,17)13-20;1-7-15-20(9-3,10-4)17-13-14-18-21(11-5,16-8-2)19(22)23-12-6;5*2-1-3/h14-17H,5-13H2,1-4H3;1,8,13-14H,2,9-12,15-18H2,3-6H3;;;;;/b;14-13+;;;;;/t14-,15-,16+,17+,22?;;;;;;/m1....../s1. The van der Waals surface area contributed by atoms with Crippen molar-refractivity contribution >= 4 is 48.7 Å². The molecule has 6 atom stereocenters. The molecule has 0 bridgehead atoms. The molecule has 4 rings (SSSR count). The molecule has 2 unspecified atom stereocenters. The number of hydrogen-bond donors (Lipinski definition) is 0. The summed E-state index contributed by atoms with van der Waals surface area (Å²) >= 11 is 0. The predicted octanol–water partition coefficient (Wildman–Crippen LogP) is 7.13. The minimum absolute atomic E-state index is 0.118. The lowest BCUT2D eigenvalue weighted by molar-refractivity contribution is -0.193. The fourth-order valence-corrected chi connectivity index (χ4v) is 10.2. The fourth-order valence-electron chi connectivity index (χ4n) is 10.2. The largest absolute Gasteiger partial charge is 0.466 e. The first-order chi connectivity index (χ1) is 30.5. The Morgan fingerprint density at radius 1 is 0.625 bits per heavy atom. The van der Waals surface area contributed by atoms with Gasteiger partial charge in [-0.3, -0.25) is 14.4 Å². The number of hydrogen-bond acceptors (Lipinski definition) is 16. The van der Waals surface area contributed by atoms with E-state index >= 15 is 0 Å². The second-order valence-corrected chi connectivity index (χ2v) is 16.2. The minimum Gasteiger partial charge on any atom is -0.466 e. The quantitative estimate of drug-likeness (QED) is 0.0436. The molecule has 0 aromatic heterocycles. The molecule has 4 saturated carbocycles. The van der Waals surface area contributed by atoms with Crippen molar-refractivity contribution < 1.29 is 76.5 Å². The zero-order valence-electron chi connectivity index (χ0n) is 38.9. The van der Waals surface area contributed by atoms with Crippen molar-refractivity contribution in [3.8, 4) is 12.3 Å². The van der Waals surface area contributed by atoms with Crippen molar-refractivity contribution in [1.29, 1.82) is 0 Å². The fraction of sp³-hybridized carbons (Fsp3) is 0.708. The maximum atomic E-state index is 13.0. The highest BCUT2D eigenvalue weighted by molar-refractivity contribution is 6.00. The van der Waals surface area contributed by atoms with E-state index < -0.39 is 10.8 Å². The molecule has 1 spiro atoms. The second-order valence-electron chi connectivity index (χ2n) is 16.2. The maximum Gasteiger partial charge on any atom is 0.373 e. The van der Waals surface area contributed by atoms with E-state index in [9.17, 15) is 14.4 Å². The van der Waals surface area contributed by atoms with Gasteiger partial charge in [-0.2, -0.15) is 47.9 Å². The Balaban J connectivity index is -0.000000893. The van der Waals surface area contributed by atoms with Crippen molar-refractivity contribution in [2.75, 3.05) is 19.8 Å². The molecule has 0 saturated heterocycles. The van der Waals surface area contributed by atoms with Crippen LogP contribution in [0.2, 0.25) is 0 Å². The number of terminal acetylenes is 1. The van der Waals surface area contributed by atoms with E-state index in [1.54, 1.807) is 0 Å². The van der Waals surface area contributed by atoms with Crippen LogP contribution >= 0.6 is 0 Å². The summed E-state index contributed by atoms with van der Waals surface area (Å²) in [4.78, 5) is 120. The number of rotatable bonds is 18. The Hall–Kier alpha value is -5.65. The van der Waals surface area contributed by atoms with Crippen LogP contribution in [0, 0.1) is 63.1 Å². The maximum absolute atomic E-state index is 13.0. The van der Waals surface area contributed by atoms with Gasteiger partial charge in [0.2, 0.25) is 0 Å². The Labute approximate surface area is 377 Å². The molecular formula is C48H68O16. The van der Waals surface area contributed by atoms with Gasteiger partial charge in [-0.25, -0.2) is 0 Å². The van der Waals surface area contributed by atoms with Gasteiger partial charge in [-0.1, -0.05) is 65.7 Å². The summed E-state index contributed by atoms with van der Waals surface area (Å²) in [6, 6.07) is 0. The monoisotopic (exact) mass is 900 g/mol. The van der Waals surface area contributed by atoms with Gasteiger partial charge in [0.15, 0.2) is 5.41 Å². The SMILES string of the molecule is C#CCC(CC)(CC)C/C=C/CC(CC)(CC=C)C(=O)OCC.CCOC(=O)C1(C(=O)OCC)C[C@H]2C[C@H]2C23CC(CC)(CC)C[C@H]2[C@@H]3C1.O=C=O.O=C=O.O=C=O.O=C=O.O=C=O. The van der Waals surface area contributed by atoms with Crippen LogP contribution in [0.15, 0.2) is 24.8 Å². The molecule has 64 heavy (non-hydrogen) atoms. The average molecular weight is 901 g/mol. The highest BCUT2D eigenvalue weighted by atomic mass is 16.6. The van der Waals surface area contributed by atoms with Crippen molar-refractivity contribution in [3.05, 3.63) is 24.8 Å². The second kappa shape index (κ2) is 32.9. The molecule has 4 fully saturated rings. The number of carbonyl (C=O) groups excluding carboxylic acids is 13. The van der Waals surface area contributed by atoms with Crippen molar-refractivity contribution in [2.45, 2.75) is 145 Å². The molecule has 4 aliphatic carbocycles. The van der Waals surface area contributed by atoms with E-state index in [1.165, 1.54) is 32.1 Å². The third-order valence-electron chi connectivity index (χ3n) is 13.8. The third-order valence-corrected chi connectivity index (χ3v) is 13.8. The Morgan fingerprint density at radius 2 is 1.06 bits per heavy atom. The topological polar surface area (TPSA) is 250 Å². The zero-order valence-corrected chi connectivity index (χ0v) is 38.9. The lowest BCUT2D eigenvalue weighted by Crippen LogP contribution is -2.43. The van der Waals surface area contributed by atoms with Crippen LogP contribution in [-0.4, -0.2) is 68.5 Å². The molecule has 356 valence electrons. The van der Waals surface area contributed by atoms with Gasteiger partial charge in [0.25, 0.3) is 0 Å². The summed E-state index contributed by atoms with van der Waals surface area (Å²) in [5.41, 5.74) is -0.443. The number of carbonyl (C=O) groups is 3. The van der Waals surface area contributed by atoms with E-state index in [1.807, 2.05) is 33.8 Å². The lowest BCUT2D eigenvalue weighted by Gasteiger charge is -2.33. The summed E-state index contributed by atoms with van der Waals surface area (Å²) in [7, 11) is 0. The minimum atomic E-state index is -1.05. The summed E-state index contributed by atoms with van der Waals surface area (Å²) in [6.45, 7) is 21.4. The van der Waals surface area contributed by atoms with E-state index in [-0.39, 0.29) is 54.1 Å². The average Bonchev–Trinajstić information content (AvgIpc) is 4.13. The van der Waals surface area contributed by atoms with Crippen LogP contribution in [0.25, 0.3) is 0 Å². The molecule has 0 aliphatic heterocycles. The smallest absolute Gasteiger partial charge is 0.373 e. The van der Waals surface area contributed by atoms with Gasteiger partial charge in [-0.05, 0) is 131 Å². The molecule has 0 aromatic carbocycles. The lowest BCUT2D eigenvalue weighted by atomic mass is 9.71. The van der Waals surface area contributed by atoms with Crippen LogP contribution in [0.1, 0.15) is 145 Å². The Morgan fingerprint density at radius 3 is 1.44 bits per heavy atom. The molecule has 16 nitrogen and oxygen atoms in total. The van der Waals surface area contributed by atoms with Crippen LogP contribution in [0.4, 0.5) is 0 Å². The number of fused-ring (bicyclic) bond motifs is 2. The van der Waals surface area contributed by atoms with Gasteiger partial charge in [0.05, 0.1) is 25.2 Å². The molecule has 16 heteroatoms. The Kier molecular flexibility index (Phi) is 32.2. The molecule has 0 radical (unpaired) electrons. The molecule has 4 aliphatic rings. The first kappa shape index (κ1) is 62.6. The number of allylic oxidation sites excluding steroid dienone is 3. The molecule has 0 heterocycles. The van der Waals surface area contributed by atoms with E-state index in [0.717, 1.165) is 38.0 Å². The normalized spacial score (nSPS) is 22.2. The Bertz CT molecular complexity index is 1600.